The number of hydrogen-bond acceptors (Lipinski definition) is 5. The van der Waals surface area contributed by atoms with Crippen LogP contribution < -0.4 is 10.6 Å². The van der Waals surface area contributed by atoms with Crippen LogP contribution in [0.1, 0.15) is 31.4 Å². The Bertz CT molecular complexity index is 829. The van der Waals surface area contributed by atoms with Gasteiger partial charge in [-0.3, -0.25) is 14.5 Å². The van der Waals surface area contributed by atoms with Crippen molar-refractivity contribution in [3.63, 3.8) is 0 Å². The number of guanidine groups is 1. The number of imide groups is 1. The molecule has 1 saturated carbocycles. The molecule has 4 unspecified atom stereocenters. The minimum absolute atomic E-state index is 0.0232. The molecule has 4 rings (SSSR count). The fraction of sp³-hybridized carbons (Fsp3) is 0.650. The second kappa shape index (κ2) is 7.96. The first kappa shape index (κ1) is 19.6. The Morgan fingerprint density at radius 2 is 1.86 bits per heavy atom. The van der Waals surface area contributed by atoms with E-state index in [9.17, 15) is 9.59 Å². The Kier molecular flexibility index (Phi) is 5.38. The third-order valence-electron chi connectivity index (χ3n) is 6.32. The van der Waals surface area contributed by atoms with Gasteiger partial charge in [0.1, 0.15) is 12.4 Å². The Balaban J connectivity index is 1.27. The molecule has 3 aliphatic rings. The maximum Gasteiger partial charge on any atom is 0.233 e. The molecule has 29 heavy (non-hydrogen) atoms. The summed E-state index contributed by atoms with van der Waals surface area (Å²) in [6, 6.07) is 0. The highest BCUT2D eigenvalue weighted by atomic mass is 16.2. The normalized spacial score (nSPS) is 27.8. The highest BCUT2D eigenvalue weighted by Crippen LogP contribution is 2.52. The molecule has 156 valence electrons. The Hall–Kier alpha value is -2.71. The van der Waals surface area contributed by atoms with E-state index in [0.717, 1.165) is 24.6 Å². The van der Waals surface area contributed by atoms with Gasteiger partial charge in [-0.2, -0.15) is 0 Å². The Labute approximate surface area is 170 Å². The van der Waals surface area contributed by atoms with E-state index < -0.39 is 0 Å². The summed E-state index contributed by atoms with van der Waals surface area (Å²) in [7, 11) is 1.92. The number of amides is 2. The van der Waals surface area contributed by atoms with Crippen LogP contribution in [0.5, 0.6) is 0 Å². The van der Waals surface area contributed by atoms with E-state index >= 15 is 0 Å². The Morgan fingerprint density at radius 3 is 2.45 bits per heavy atom. The number of rotatable bonds is 7. The zero-order valence-corrected chi connectivity index (χ0v) is 17.3. The molecule has 1 aliphatic heterocycles. The molecule has 2 N–H and O–H groups in total. The molecule has 9 nitrogen and oxygen atoms in total. The predicted molar refractivity (Wildman–Crippen MR) is 108 cm³/mol. The van der Waals surface area contributed by atoms with E-state index in [2.05, 4.69) is 38.0 Å². The summed E-state index contributed by atoms with van der Waals surface area (Å²) in [5, 5.41) is 14.6. The number of allylic oxidation sites excluding steroid dienone is 2. The molecular formula is C20H29N7O2. The van der Waals surface area contributed by atoms with Gasteiger partial charge >= 0.3 is 0 Å². The predicted octanol–water partition coefficient (Wildman–Crippen LogP) is 0.376. The first-order chi connectivity index (χ1) is 14.0. The van der Waals surface area contributed by atoms with E-state index in [1.807, 2.05) is 25.5 Å². The number of carbonyl (C=O) groups is 2. The summed E-state index contributed by atoms with van der Waals surface area (Å²) in [6.07, 6.45) is 5.91. The number of aryl methyl sites for hydroxylation is 1. The van der Waals surface area contributed by atoms with Gasteiger partial charge in [0.2, 0.25) is 11.8 Å². The summed E-state index contributed by atoms with van der Waals surface area (Å²) < 4.78 is 1.91. The summed E-state index contributed by atoms with van der Waals surface area (Å²) in [4.78, 5) is 31.5. The summed E-state index contributed by atoms with van der Waals surface area (Å²) in [5.41, 5.74) is 0. The highest BCUT2D eigenvalue weighted by Gasteiger charge is 2.58. The van der Waals surface area contributed by atoms with Gasteiger partial charge in [-0.05, 0) is 38.5 Å². The quantitative estimate of drug-likeness (QED) is 0.226. The van der Waals surface area contributed by atoms with Crippen molar-refractivity contribution in [3.05, 3.63) is 23.8 Å². The zero-order valence-electron chi connectivity index (χ0n) is 17.3. The van der Waals surface area contributed by atoms with Crippen LogP contribution >= 0.6 is 0 Å². The van der Waals surface area contributed by atoms with Gasteiger partial charge < -0.3 is 15.2 Å². The van der Waals surface area contributed by atoms with Gasteiger partial charge in [-0.25, -0.2) is 4.99 Å². The largest absolute Gasteiger partial charge is 0.357 e. The van der Waals surface area contributed by atoms with Crippen LogP contribution in [0.4, 0.5) is 0 Å². The first-order valence-corrected chi connectivity index (χ1v) is 10.4. The number of hydrogen-bond donors (Lipinski definition) is 2. The van der Waals surface area contributed by atoms with Crippen molar-refractivity contribution < 1.29 is 9.59 Å². The fourth-order valence-electron chi connectivity index (χ4n) is 4.71. The van der Waals surface area contributed by atoms with Crippen LogP contribution in [0.3, 0.4) is 0 Å². The van der Waals surface area contributed by atoms with Crippen LogP contribution in [0.2, 0.25) is 0 Å². The topological polar surface area (TPSA) is 105 Å². The van der Waals surface area contributed by atoms with E-state index in [4.69, 9.17) is 0 Å². The summed E-state index contributed by atoms with van der Waals surface area (Å²) >= 11 is 0. The molecule has 0 aromatic carbocycles. The molecule has 4 atom stereocenters. The van der Waals surface area contributed by atoms with Gasteiger partial charge in [-0.1, -0.05) is 12.2 Å². The molecule has 1 aromatic rings. The first-order valence-electron chi connectivity index (χ1n) is 10.4. The van der Waals surface area contributed by atoms with E-state index in [-0.39, 0.29) is 35.5 Å². The highest BCUT2D eigenvalue weighted by molar-refractivity contribution is 6.06. The lowest BCUT2D eigenvalue weighted by Gasteiger charge is -2.18. The van der Waals surface area contributed by atoms with Crippen molar-refractivity contribution >= 4 is 17.8 Å². The molecule has 2 amide bonds. The third kappa shape index (κ3) is 3.54. The summed E-state index contributed by atoms with van der Waals surface area (Å²) in [6.45, 7) is 6.16. The van der Waals surface area contributed by atoms with Gasteiger partial charge in [0.25, 0.3) is 0 Å². The zero-order chi connectivity index (χ0) is 20.5. The SMILES string of the molecule is CCNC(=NCc1nnc(C)n1C)NCCCN1C(=O)C2C3C=CC(C3)C2C1=O. The second-order valence-corrected chi connectivity index (χ2v) is 8.03. The lowest BCUT2D eigenvalue weighted by molar-refractivity contribution is -0.140. The number of aromatic nitrogens is 3. The van der Waals surface area contributed by atoms with E-state index in [0.29, 0.717) is 32.0 Å². The maximum atomic E-state index is 12.7. The van der Waals surface area contributed by atoms with Gasteiger partial charge in [0, 0.05) is 26.7 Å². The average molecular weight is 399 g/mol. The molecule has 1 aromatic heterocycles. The van der Waals surface area contributed by atoms with Crippen molar-refractivity contribution in [1.82, 2.24) is 30.3 Å². The molecule has 9 heteroatoms. The van der Waals surface area contributed by atoms with Crippen LogP contribution in [-0.4, -0.2) is 57.1 Å². The van der Waals surface area contributed by atoms with Crippen molar-refractivity contribution in [2.75, 3.05) is 19.6 Å². The minimum Gasteiger partial charge on any atom is -0.357 e. The number of fused-ring (bicyclic) bond motifs is 5. The molecular weight excluding hydrogens is 370 g/mol. The smallest absolute Gasteiger partial charge is 0.233 e. The van der Waals surface area contributed by atoms with Crippen molar-refractivity contribution in [3.8, 4) is 0 Å². The van der Waals surface area contributed by atoms with Gasteiger partial charge in [0.15, 0.2) is 11.8 Å². The monoisotopic (exact) mass is 399 g/mol. The lowest BCUT2D eigenvalue weighted by Crippen LogP contribution is -2.40. The molecule has 0 radical (unpaired) electrons. The number of carbonyl (C=O) groups excluding carboxylic acids is 2. The second-order valence-electron chi connectivity index (χ2n) is 8.03. The fourth-order valence-corrected chi connectivity index (χ4v) is 4.71. The number of nitrogens with one attached hydrogen (secondary N) is 2. The van der Waals surface area contributed by atoms with Crippen molar-refractivity contribution in [2.24, 2.45) is 35.7 Å². The van der Waals surface area contributed by atoms with Crippen molar-refractivity contribution in [1.29, 1.82) is 0 Å². The van der Waals surface area contributed by atoms with Gasteiger partial charge in [-0.15, -0.1) is 10.2 Å². The van der Waals surface area contributed by atoms with E-state index in [1.165, 1.54) is 4.90 Å². The molecule has 2 fully saturated rings. The van der Waals surface area contributed by atoms with Crippen molar-refractivity contribution in [2.45, 2.75) is 33.2 Å². The van der Waals surface area contributed by atoms with E-state index in [1.54, 1.807) is 0 Å². The molecule has 2 aliphatic carbocycles. The molecule has 0 spiro atoms. The van der Waals surface area contributed by atoms with Crippen LogP contribution in [0, 0.1) is 30.6 Å². The standard InChI is InChI=1S/C20H29N7O2/c1-4-21-20(23-11-15-25-24-12(2)26(15)3)22-8-5-9-27-18(28)16-13-6-7-14(10-13)17(16)19(27)29/h6-7,13-14,16-17H,4-5,8-11H2,1-3H3,(H2,21,22,23). The number of nitrogens with zero attached hydrogens (tertiary/aromatic N) is 5. The number of likely N-dealkylation sites (tertiary alicyclic amines) is 1. The lowest BCUT2D eigenvalue weighted by atomic mass is 9.85. The summed E-state index contributed by atoms with van der Waals surface area (Å²) in [5.74, 6) is 2.68. The van der Waals surface area contributed by atoms with Crippen LogP contribution in [0.15, 0.2) is 17.1 Å². The average Bonchev–Trinajstić information content (AvgIpc) is 3.45. The minimum atomic E-state index is -0.112. The van der Waals surface area contributed by atoms with Gasteiger partial charge in [0.05, 0.1) is 11.8 Å². The number of aliphatic imine (C=N–C) groups is 1. The third-order valence-corrected chi connectivity index (χ3v) is 6.32. The molecule has 2 bridgehead atoms. The van der Waals surface area contributed by atoms with Crippen LogP contribution in [0.25, 0.3) is 0 Å². The van der Waals surface area contributed by atoms with Crippen LogP contribution in [-0.2, 0) is 23.2 Å². The maximum absolute atomic E-state index is 12.7. The molecule has 2 heterocycles. The Morgan fingerprint density at radius 1 is 1.17 bits per heavy atom. The molecule has 1 saturated heterocycles.